The van der Waals surface area contributed by atoms with E-state index in [9.17, 15) is 4.79 Å². The number of hydrogen-bond donors (Lipinski definition) is 0. The van der Waals surface area contributed by atoms with E-state index in [1.165, 1.54) is 0 Å². The normalized spacial score (nSPS) is 16.2. The molecule has 0 atom stereocenters. The van der Waals surface area contributed by atoms with Gasteiger partial charge in [-0.2, -0.15) is 0 Å². The molecule has 0 fully saturated rings. The summed E-state index contributed by atoms with van der Waals surface area (Å²) in [6.45, 7) is 1.98. The van der Waals surface area contributed by atoms with Crippen LogP contribution in [0.5, 0.6) is 0 Å². The van der Waals surface area contributed by atoms with Gasteiger partial charge in [0.15, 0.2) is 5.70 Å². The maximum Gasteiger partial charge on any atom is 0.363 e. The summed E-state index contributed by atoms with van der Waals surface area (Å²) in [6, 6.07) is 6.92. The number of carbonyl (C=O) groups excluding carboxylic acids is 1. The van der Waals surface area contributed by atoms with Gasteiger partial charge in [0.1, 0.15) is 0 Å². The van der Waals surface area contributed by atoms with Gasteiger partial charge in [0, 0.05) is 9.90 Å². The Morgan fingerprint density at radius 3 is 2.76 bits per heavy atom. The maximum atomic E-state index is 11.9. The van der Waals surface area contributed by atoms with E-state index >= 15 is 0 Å². The Hall–Kier alpha value is -1.62. The molecule has 106 valence electrons. The lowest BCUT2D eigenvalue weighted by atomic mass is 10.2. The minimum atomic E-state index is -0.483. The van der Waals surface area contributed by atoms with E-state index in [1.54, 1.807) is 35.6 Å². The Labute approximate surface area is 135 Å². The van der Waals surface area contributed by atoms with Crippen molar-refractivity contribution in [3.8, 4) is 0 Å². The fourth-order valence-corrected chi connectivity index (χ4v) is 3.19. The first kappa shape index (κ1) is 14.3. The highest BCUT2D eigenvalue weighted by atomic mass is 35.5. The molecule has 2 aromatic rings. The van der Waals surface area contributed by atoms with Crippen LogP contribution in [-0.4, -0.2) is 11.9 Å². The van der Waals surface area contributed by atoms with Crippen LogP contribution in [0.1, 0.15) is 16.0 Å². The molecule has 0 spiro atoms. The van der Waals surface area contributed by atoms with E-state index in [4.69, 9.17) is 27.9 Å². The van der Waals surface area contributed by atoms with Gasteiger partial charge in [-0.25, -0.2) is 9.79 Å². The third-order valence-corrected chi connectivity index (χ3v) is 4.47. The summed E-state index contributed by atoms with van der Waals surface area (Å²) < 4.78 is 5.19. The van der Waals surface area contributed by atoms with E-state index in [1.807, 2.05) is 18.4 Å². The molecule has 0 saturated heterocycles. The monoisotopic (exact) mass is 337 g/mol. The number of carbonyl (C=O) groups is 1. The van der Waals surface area contributed by atoms with Gasteiger partial charge in [-0.15, -0.1) is 11.3 Å². The smallest absolute Gasteiger partial charge is 0.363 e. The highest BCUT2D eigenvalue weighted by Crippen LogP contribution is 2.27. The molecule has 0 aliphatic carbocycles. The Morgan fingerprint density at radius 2 is 2.10 bits per heavy atom. The third-order valence-electron chi connectivity index (χ3n) is 2.95. The van der Waals surface area contributed by atoms with Crippen LogP contribution in [0.4, 0.5) is 0 Å². The summed E-state index contributed by atoms with van der Waals surface area (Å²) in [4.78, 5) is 17.1. The van der Waals surface area contributed by atoms with Crippen molar-refractivity contribution in [2.75, 3.05) is 0 Å². The summed E-state index contributed by atoms with van der Waals surface area (Å²) in [7, 11) is 0. The number of esters is 1. The van der Waals surface area contributed by atoms with Gasteiger partial charge in [0.2, 0.25) is 5.90 Å². The number of hydrogen-bond acceptors (Lipinski definition) is 4. The zero-order valence-electron chi connectivity index (χ0n) is 10.9. The standard InChI is InChI=1S/C15H9Cl2NO2S/c1-8-4-5-21-13(8)7-12-15(19)20-14(18-12)10-3-2-9(16)6-11(10)17/h2-7H,1H3. The van der Waals surface area contributed by atoms with Crippen molar-refractivity contribution in [2.45, 2.75) is 6.92 Å². The second-order valence-corrected chi connectivity index (χ2v) is 6.22. The first-order valence-corrected chi connectivity index (χ1v) is 7.70. The van der Waals surface area contributed by atoms with Crippen LogP contribution < -0.4 is 0 Å². The van der Waals surface area contributed by atoms with Gasteiger partial charge in [-0.1, -0.05) is 23.2 Å². The van der Waals surface area contributed by atoms with Gasteiger partial charge in [-0.3, -0.25) is 0 Å². The predicted molar refractivity (Wildman–Crippen MR) is 86.1 cm³/mol. The summed E-state index contributed by atoms with van der Waals surface area (Å²) in [5.41, 5.74) is 1.90. The number of aryl methyl sites for hydroxylation is 1. The number of aliphatic imine (C=N–C) groups is 1. The predicted octanol–water partition coefficient (Wildman–Crippen LogP) is 4.71. The average Bonchev–Trinajstić information content (AvgIpc) is 2.98. The lowest BCUT2D eigenvalue weighted by molar-refractivity contribution is -0.129. The lowest BCUT2D eigenvalue weighted by Gasteiger charge is -2.02. The minimum absolute atomic E-state index is 0.196. The quantitative estimate of drug-likeness (QED) is 0.588. The zero-order valence-corrected chi connectivity index (χ0v) is 13.2. The van der Waals surface area contributed by atoms with Crippen molar-refractivity contribution in [2.24, 2.45) is 4.99 Å². The number of rotatable bonds is 2. The van der Waals surface area contributed by atoms with Gasteiger partial charge in [0.25, 0.3) is 0 Å². The van der Waals surface area contributed by atoms with E-state index in [0.29, 0.717) is 15.6 Å². The fourth-order valence-electron chi connectivity index (χ4n) is 1.84. The molecule has 0 bridgehead atoms. The molecule has 0 saturated carbocycles. The molecule has 0 amide bonds. The highest BCUT2D eigenvalue weighted by molar-refractivity contribution is 7.11. The van der Waals surface area contributed by atoms with Crippen LogP contribution in [0.25, 0.3) is 6.08 Å². The van der Waals surface area contributed by atoms with E-state index < -0.39 is 5.97 Å². The molecule has 21 heavy (non-hydrogen) atoms. The van der Waals surface area contributed by atoms with Gasteiger partial charge in [0.05, 0.1) is 10.6 Å². The average molecular weight is 338 g/mol. The molecule has 3 nitrogen and oxygen atoms in total. The second-order valence-electron chi connectivity index (χ2n) is 4.43. The van der Waals surface area contributed by atoms with Crippen LogP contribution in [0, 0.1) is 6.92 Å². The van der Waals surface area contributed by atoms with Crippen LogP contribution in [0.15, 0.2) is 40.3 Å². The van der Waals surface area contributed by atoms with Crippen molar-refractivity contribution in [1.82, 2.24) is 0 Å². The van der Waals surface area contributed by atoms with Crippen molar-refractivity contribution >= 4 is 52.5 Å². The summed E-state index contributed by atoms with van der Waals surface area (Å²) in [5, 5.41) is 2.86. The zero-order chi connectivity index (χ0) is 15.0. The Kier molecular flexibility index (Phi) is 3.85. The van der Waals surface area contributed by atoms with Crippen LogP contribution >= 0.6 is 34.5 Å². The topological polar surface area (TPSA) is 38.7 Å². The van der Waals surface area contributed by atoms with Gasteiger partial charge in [-0.05, 0) is 48.2 Å². The van der Waals surface area contributed by atoms with Crippen LogP contribution in [0.2, 0.25) is 10.0 Å². The van der Waals surface area contributed by atoms with Crippen molar-refractivity contribution in [3.63, 3.8) is 0 Å². The van der Waals surface area contributed by atoms with Crippen molar-refractivity contribution in [1.29, 1.82) is 0 Å². The van der Waals surface area contributed by atoms with E-state index in [2.05, 4.69) is 4.99 Å². The van der Waals surface area contributed by atoms with Gasteiger partial charge < -0.3 is 4.74 Å². The summed E-state index contributed by atoms with van der Waals surface area (Å²) >= 11 is 13.5. The SMILES string of the molecule is Cc1ccsc1C=C1N=C(c2ccc(Cl)cc2Cl)OC1=O. The highest BCUT2D eigenvalue weighted by Gasteiger charge is 2.25. The number of ether oxygens (including phenoxy) is 1. The number of nitrogens with zero attached hydrogens (tertiary/aromatic N) is 1. The number of benzene rings is 1. The molecular weight excluding hydrogens is 329 g/mol. The van der Waals surface area contributed by atoms with E-state index in [-0.39, 0.29) is 11.6 Å². The molecule has 0 radical (unpaired) electrons. The van der Waals surface area contributed by atoms with E-state index in [0.717, 1.165) is 10.4 Å². The maximum absolute atomic E-state index is 11.9. The molecule has 3 rings (SSSR count). The molecule has 6 heteroatoms. The van der Waals surface area contributed by atoms with Crippen molar-refractivity contribution in [3.05, 3.63) is 61.4 Å². The third kappa shape index (κ3) is 2.88. The second kappa shape index (κ2) is 5.64. The Morgan fingerprint density at radius 1 is 1.29 bits per heavy atom. The number of thiophene rings is 1. The molecule has 1 aliphatic rings. The molecule has 1 aromatic heterocycles. The number of cyclic esters (lactones) is 1. The molecular formula is C15H9Cl2NO2S. The molecule has 0 N–H and O–H groups in total. The molecule has 0 unspecified atom stereocenters. The fraction of sp³-hybridized carbons (Fsp3) is 0.0667. The van der Waals surface area contributed by atoms with Crippen molar-refractivity contribution < 1.29 is 9.53 Å². The Bertz CT molecular complexity index is 793. The minimum Gasteiger partial charge on any atom is -0.402 e. The lowest BCUT2D eigenvalue weighted by Crippen LogP contribution is -2.05. The molecule has 1 aromatic carbocycles. The molecule has 2 heterocycles. The van der Waals surface area contributed by atoms with Crippen LogP contribution in [0.3, 0.4) is 0 Å². The first-order valence-electron chi connectivity index (χ1n) is 6.06. The van der Waals surface area contributed by atoms with Crippen LogP contribution in [-0.2, 0) is 9.53 Å². The largest absolute Gasteiger partial charge is 0.402 e. The summed E-state index contributed by atoms with van der Waals surface area (Å²) in [6.07, 6.45) is 1.72. The summed E-state index contributed by atoms with van der Waals surface area (Å²) in [5.74, 6) is -0.286. The number of halogens is 2. The Balaban J connectivity index is 1.99. The van der Waals surface area contributed by atoms with Gasteiger partial charge >= 0.3 is 5.97 Å². The first-order chi connectivity index (χ1) is 10.0. The molecule has 1 aliphatic heterocycles.